The fraction of sp³-hybridized carbons (Fsp3) is 0.778. The lowest BCUT2D eigenvalue weighted by atomic mass is 10.3. The molecule has 0 saturated heterocycles. The van der Waals surface area contributed by atoms with Gasteiger partial charge in [-0.15, -0.1) is 0 Å². The third-order valence-corrected chi connectivity index (χ3v) is 2.32. The molecule has 0 aromatic heterocycles. The zero-order chi connectivity index (χ0) is 10.2. The zero-order valence-electron chi connectivity index (χ0n) is 8.51. The first-order valence-electron chi connectivity index (χ1n) is 4.91. The smallest absolute Gasteiger partial charge is 0.187 e. The van der Waals surface area contributed by atoms with Crippen molar-refractivity contribution in [2.75, 3.05) is 20.3 Å². The summed E-state index contributed by atoms with van der Waals surface area (Å²) in [6, 6.07) is 0. The predicted molar refractivity (Wildman–Crippen MR) is 61.5 cm³/mol. The summed E-state index contributed by atoms with van der Waals surface area (Å²) in [5.41, 5.74) is 4.06. The Hall–Kier alpha value is -0.680. The highest BCUT2D eigenvalue weighted by atomic mass is 32.1. The van der Waals surface area contributed by atoms with Gasteiger partial charge in [0.2, 0.25) is 0 Å². The summed E-state index contributed by atoms with van der Waals surface area (Å²) in [4.78, 5) is 0. The molecule has 1 saturated carbocycles. The van der Waals surface area contributed by atoms with E-state index in [9.17, 15) is 0 Å². The van der Waals surface area contributed by atoms with E-state index in [-0.39, 0.29) is 0 Å². The molecule has 1 aliphatic carbocycles. The second-order valence-corrected chi connectivity index (χ2v) is 3.65. The molecule has 0 radical (unpaired) electrons. The van der Waals surface area contributed by atoms with E-state index in [0.29, 0.717) is 18.3 Å². The molecule has 1 aliphatic rings. The Morgan fingerprint density at radius 1 is 1.50 bits per heavy atom. The number of methoxy groups -OCH3 is 1. The lowest BCUT2D eigenvalue weighted by Gasteiger charge is -2.06. The maximum absolute atomic E-state index is 5.02. The lowest BCUT2D eigenvalue weighted by Crippen LogP contribution is -2.34. The van der Waals surface area contributed by atoms with Gasteiger partial charge in [-0.3, -0.25) is 5.43 Å². The molecule has 0 atom stereocenters. The first kappa shape index (κ1) is 11.4. The Labute approximate surface area is 90.1 Å². The van der Waals surface area contributed by atoms with Crippen LogP contribution in [0.2, 0.25) is 0 Å². The first-order chi connectivity index (χ1) is 6.83. The molecule has 0 spiro atoms. The molecule has 5 heteroatoms. The van der Waals surface area contributed by atoms with Gasteiger partial charge >= 0.3 is 0 Å². The number of hydrogen-bond donors (Lipinski definition) is 2. The van der Waals surface area contributed by atoms with Crippen LogP contribution in [-0.2, 0) is 4.74 Å². The largest absolute Gasteiger partial charge is 0.383 e. The summed E-state index contributed by atoms with van der Waals surface area (Å²) in [5.74, 6) is 0. The molecule has 0 aromatic rings. The minimum absolute atomic E-state index is 0.571. The van der Waals surface area contributed by atoms with Crippen molar-refractivity contribution in [3.05, 3.63) is 0 Å². The lowest BCUT2D eigenvalue weighted by molar-refractivity contribution is 0.204. The van der Waals surface area contributed by atoms with Crippen molar-refractivity contribution in [3.8, 4) is 0 Å². The number of nitrogens with one attached hydrogen (secondary N) is 2. The van der Waals surface area contributed by atoms with E-state index < -0.39 is 0 Å². The number of hydrogen-bond acceptors (Lipinski definition) is 3. The number of hydrazone groups is 1. The molecule has 0 aliphatic heterocycles. The molecule has 14 heavy (non-hydrogen) atoms. The molecule has 80 valence electrons. The predicted octanol–water partition coefficient (Wildman–Crippen LogP) is 1.03. The van der Waals surface area contributed by atoms with Crippen LogP contribution in [0.5, 0.6) is 0 Å². The average Bonchev–Trinajstić information content (AvgIpc) is 2.68. The highest BCUT2D eigenvalue weighted by Crippen LogP contribution is 2.13. The van der Waals surface area contributed by atoms with Crippen molar-refractivity contribution in [2.24, 2.45) is 5.10 Å². The molecule has 1 fully saturated rings. The second-order valence-electron chi connectivity index (χ2n) is 3.25. The Bertz CT molecular complexity index is 210. The Kier molecular flexibility index (Phi) is 5.47. The number of rotatable bonds is 4. The summed E-state index contributed by atoms with van der Waals surface area (Å²) in [6.45, 7) is 1.37. The molecule has 0 unspecified atom stereocenters. The summed E-state index contributed by atoms with van der Waals surface area (Å²) >= 11 is 5.02. The van der Waals surface area contributed by atoms with E-state index in [1.807, 2.05) is 0 Å². The maximum atomic E-state index is 5.02. The molecular weight excluding hydrogens is 198 g/mol. The molecule has 0 aromatic carbocycles. The van der Waals surface area contributed by atoms with Gasteiger partial charge in [-0.1, -0.05) is 0 Å². The zero-order valence-corrected chi connectivity index (χ0v) is 9.32. The van der Waals surface area contributed by atoms with Crippen molar-refractivity contribution >= 4 is 23.0 Å². The standard InChI is InChI=1S/C9H17N3OS/c1-13-7-6-10-9(14)12-11-8-4-2-3-5-8/h2-7H2,1H3,(H2,10,12,14). The molecule has 0 amide bonds. The SMILES string of the molecule is COCCNC(=S)NN=C1CCCC1. The molecule has 4 nitrogen and oxygen atoms in total. The van der Waals surface area contributed by atoms with Crippen LogP contribution in [0.25, 0.3) is 0 Å². The Balaban J connectivity index is 2.10. The molecule has 1 rings (SSSR count). The van der Waals surface area contributed by atoms with E-state index in [1.165, 1.54) is 18.6 Å². The highest BCUT2D eigenvalue weighted by molar-refractivity contribution is 7.80. The van der Waals surface area contributed by atoms with Crippen LogP contribution >= 0.6 is 12.2 Å². The van der Waals surface area contributed by atoms with E-state index in [0.717, 1.165) is 12.8 Å². The topological polar surface area (TPSA) is 45.6 Å². The monoisotopic (exact) mass is 215 g/mol. The molecule has 0 heterocycles. The fourth-order valence-corrected chi connectivity index (χ4v) is 1.48. The Morgan fingerprint density at radius 2 is 2.21 bits per heavy atom. The van der Waals surface area contributed by atoms with Gasteiger partial charge in [0.1, 0.15) is 0 Å². The number of ether oxygens (including phenoxy) is 1. The van der Waals surface area contributed by atoms with Gasteiger partial charge in [-0.2, -0.15) is 5.10 Å². The van der Waals surface area contributed by atoms with Crippen LogP contribution in [0, 0.1) is 0 Å². The molecule has 2 N–H and O–H groups in total. The normalized spacial score (nSPS) is 15.4. The summed E-state index contributed by atoms with van der Waals surface area (Å²) in [6.07, 6.45) is 4.72. The Morgan fingerprint density at radius 3 is 2.86 bits per heavy atom. The summed E-state index contributed by atoms with van der Waals surface area (Å²) in [7, 11) is 1.66. The van der Waals surface area contributed by atoms with Crippen LogP contribution in [0.1, 0.15) is 25.7 Å². The minimum Gasteiger partial charge on any atom is -0.383 e. The average molecular weight is 215 g/mol. The van der Waals surface area contributed by atoms with Crippen LogP contribution in [0.3, 0.4) is 0 Å². The van der Waals surface area contributed by atoms with Gasteiger partial charge in [-0.05, 0) is 37.9 Å². The van der Waals surface area contributed by atoms with E-state index in [4.69, 9.17) is 17.0 Å². The summed E-state index contributed by atoms with van der Waals surface area (Å²) < 4.78 is 4.88. The van der Waals surface area contributed by atoms with Gasteiger partial charge in [0.25, 0.3) is 0 Å². The van der Waals surface area contributed by atoms with Gasteiger partial charge in [0, 0.05) is 19.4 Å². The van der Waals surface area contributed by atoms with Gasteiger partial charge < -0.3 is 10.1 Å². The van der Waals surface area contributed by atoms with Crippen molar-refractivity contribution in [2.45, 2.75) is 25.7 Å². The van der Waals surface area contributed by atoms with Crippen LogP contribution in [0.4, 0.5) is 0 Å². The molecule has 0 bridgehead atoms. The minimum atomic E-state index is 0.571. The van der Waals surface area contributed by atoms with Gasteiger partial charge in [0.05, 0.1) is 6.61 Å². The van der Waals surface area contributed by atoms with Crippen molar-refractivity contribution in [1.82, 2.24) is 10.7 Å². The van der Waals surface area contributed by atoms with E-state index >= 15 is 0 Å². The van der Waals surface area contributed by atoms with Gasteiger partial charge in [0.15, 0.2) is 5.11 Å². The van der Waals surface area contributed by atoms with Crippen LogP contribution < -0.4 is 10.7 Å². The third kappa shape index (κ3) is 4.53. The van der Waals surface area contributed by atoms with Crippen molar-refractivity contribution in [3.63, 3.8) is 0 Å². The van der Waals surface area contributed by atoms with Crippen LogP contribution in [0.15, 0.2) is 5.10 Å². The quantitative estimate of drug-likeness (QED) is 0.418. The van der Waals surface area contributed by atoms with Gasteiger partial charge in [-0.25, -0.2) is 0 Å². The number of nitrogens with zero attached hydrogens (tertiary/aromatic N) is 1. The van der Waals surface area contributed by atoms with E-state index in [2.05, 4.69) is 15.8 Å². The highest BCUT2D eigenvalue weighted by Gasteiger charge is 2.07. The third-order valence-electron chi connectivity index (χ3n) is 2.09. The molecular formula is C9H17N3OS. The number of thiocarbonyl (C=S) groups is 1. The maximum Gasteiger partial charge on any atom is 0.187 e. The van der Waals surface area contributed by atoms with Crippen LogP contribution in [-0.4, -0.2) is 31.1 Å². The first-order valence-corrected chi connectivity index (χ1v) is 5.32. The summed E-state index contributed by atoms with van der Waals surface area (Å²) in [5, 5.41) is 7.79. The second kappa shape index (κ2) is 6.73. The fourth-order valence-electron chi connectivity index (χ4n) is 1.33. The van der Waals surface area contributed by atoms with Crippen molar-refractivity contribution in [1.29, 1.82) is 0 Å². The van der Waals surface area contributed by atoms with Crippen molar-refractivity contribution < 1.29 is 4.74 Å². The van der Waals surface area contributed by atoms with E-state index in [1.54, 1.807) is 7.11 Å².